The molecular formula is C22H23BrN2S. The van der Waals surface area contributed by atoms with Crippen molar-refractivity contribution in [3.8, 4) is 0 Å². The number of amidine groups is 1. The first-order valence-corrected chi connectivity index (χ1v) is 10.9. The fourth-order valence-electron chi connectivity index (χ4n) is 4.60. The zero-order chi connectivity index (χ0) is 18.1. The van der Waals surface area contributed by atoms with E-state index in [2.05, 4.69) is 64.5 Å². The Hall–Kier alpha value is -1.52. The molecule has 134 valence electrons. The Kier molecular flexibility index (Phi) is 4.98. The molecular weight excluding hydrogens is 404 g/mol. The van der Waals surface area contributed by atoms with Crippen LogP contribution in [-0.2, 0) is 19.3 Å². The molecule has 2 aromatic carbocycles. The SMILES string of the molecule is N=C(N)SCC=C1c2cc(Br)ccc2CC12CCc1ccccc1CC2. The van der Waals surface area contributed by atoms with E-state index in [1.807, 2.05) is 0 Å². The van der Waals surface area contributed by atoms with Crippen LogP contribution in [0.15, 0.2) is 53.0 Å². The van der Waals surface area contributed by atoms with Gasteiger partial charge in [-0.05, 0) is 72.1 Å². The summed E-state index contributed by atoms with van der Waals surface area (Å²) in [5.74, 6) is 0.769. The van der Waals surface area contributed by atoms with Gasteiger partial charge in [-0.1, -0.05) is 64.1 Å². The second-order valence-corrected chi connectivity index (χ2v) is 9.30. The van der Waals surface area contributed by atoms with Gasteiger partial charge in [-0.2, -0.15) is 0 Å². The zero-order valence-electron chi connectivity index (χ0n) is 14.7. The van der Waals surface area contributed by atoms with E-state index in [0.29, 0.717) is 0 Å². The van der Waals surface area contributed by atoms with Crippen molar-refractivity contribution in [1.82, 2.24) is 0 Å². The molecule has 4 rings (SSSR count). The maximum absolute atomic E-state index is 7.51. The average Bonchev–Trinajstić information content (AvgIpc) is 2.79. The molecule has 0 aromatic heterocycles. The third-order valence-electron chi connectivity index (χ3n) is 5.85. The number of benzene rings is 2. The lowest BCUT2D eigenvalue weighted by atomic mass is 9.74. The Morgan fingerprint density at radius 1 is 1.12 bits per heavy atom. The van der Waals surface area contributed by atoms with Gasteiger partial charge in [0.15, 0.2) is 5.17 Å². The lowest BCUT2D eigenvalue weighted by Crippen LogP contribution is -2.21. The highest BCUT2D eigenvalue weighted by Crippen LogP contribution is 2.54. The molecule has 0 saturated heterocycles. The molecule has 2 aliphatic rings. The van der Waals surface area contributed by atoms with E-state index in [4.69, 9.17) is 11.1 Å². The summed E-state index contributed by atoms with van der Waals surface area (Å²) in [6.45, 7) is 0. The van der Waals surface area contributed by atoms with Gasteiger partial charge in [0.1, 0.15) is 0 Å². The number of hydrogen-bond acceptors (Lipinski definition) is 2. The van der Waals surface area contributed by atoms with Crippen LogP contribution in [0.3, 0.4) is 0 Å². The van der Waals surface area contributed by atoms with E-state index >= 15 is 0 Å². The van der Waals surface area contributed by atoms with Gasteiger partial charge in [0.25, 0.3) is 0 Å². The van der Waals surface area contributed by atoms with Crippen molar-refractivity contribution >= 4 is 38.4 Å². The van der Waals surface area contributed by atoms with Gasteiger partial charge in [0.05, 0.1) is 0 Å². The first-order chi connectivity index (χ1) is 12.6. The number of aryl methyl sites for hydroxylation is 2. The van der Waals surface area contributed by atoms with Crippen molar-refractivity contribution in [3.63, 3.8) is 0 Å². The Morgan fingerprint density at radius 2 is 1.81 bits per heavy atom. The third kappa shape index (κ3) is 3.37. The summed E-state index contributed by atoms with van der Waals surface area (Å²) in [6, 6.07) is 15.6. The van der Waals surface area contributed by atoms with Gasteiger partial charge in [-0.3, -0.25) is 5.41 Å². The standard InChI is InChI=1S/C22H23BrN2S/c23-18-6-5-17-14-22(20(19(17)13-18)9-12-26-21(24)25)10-7-15-3-1-2-4-16(15)8-11-22/h1-6,9,13H,7-8,10-12,14H2,(H3,24,25). The Bertz CT molecular complexity index is 860. The van der Waals surface area contributed by atoms with Crippen LogP contribution in [0.4, 0.5) is 0 Å². The van der Waals surface area contributed by atoms with Gasteiger partial charge in [0, 0.05) is 15.6 Å². The van der Waals surface area contributed by atoms with Crippen LogP contribution in [0.25, 0.3) is 5.57 Å². The van der Waals surface area contributed by atoms with Crippen LogP contribution < -0.4 is 5.73 Å². The molecule has 2 aromatic rings. The van der Waals surface area contributed by atoms with Crippen LogP contribution >= 0.6 is 27.7 Å². The largest absolute Gasteiger partial charge is 0.379 e. The minimum atomic E-state index is 0.191. The van der Waals surface area contributed by atoms with Gasteiger partial charge in [-0.25, -0.2) is 0 Å². The first kappa shape index (κ1) is 17.9. The van der Waals surface area contributed by atoms with Crippen LogP contribution in [-0.4, -0.2) is 10.9 Å². The number of nitrogens with one attached hydrogen (secondary N) is 1. The van der Waals surface area contributed by atoms with Crippen LogP contribution in [0.2, 0.25) is 0 Å². The summed E-state index contributed by atoms with van der Waals surface area (Å²) in [4.78, 5) is 0. The van der Waals surface area contributed by atoms with Crippen molar-refractivity contribution in [2.45, 2.75) is 32.1 Å². The van der Waals surface area contributed by atoms with Crippen molar-refractivity contribution < 1.29 is 0 Å². The molecule has 0 aliphatic heterocycles. The molecule has 0 radical (unpaired) electrons. The number of fused-ring (bicyclic) bond motifs is 2. The maximum Gasteiger partial charge on any atom is 0.151 e. The molecule has 0 amide bonds. The monoisotopic (exact) mass is 426 g/mol. The van der Waals surface area contributed by atoms with Crippen LogP contribution in [0, 0.1) is 10.8 Å². The molecule has 0 heterocycles. The van der Waals surface area contributed by atoms with Crippen molar-refractivity contribution in [3.05, 3.63) is 75.3 Å². The summed E-state index contributed by atoms with van der Waals surface area (Å²) in [5, 5.41) is 7.70. The topological polar surface area (TPSA) is 49.9 Å². The molecule has 0 saturated carbocycles. The maximum atomic E-state index is 7.51. The fraction of sp³-hybridized carbons (Fsp3) is 0.318. The van der Waals surface area contributed by atoms with Gasteiger partial charge >= 0.3 is 0 Å². The lowest BCUT2D eigenvalue weighted by molar-refractivity contribution is 0.360. The molecule has 1 spiro atoms. The molecule has 4 heteroatoms. The molecule has 0 atom stereocenters. The van der Waals surface area contributed by atoms with E-state index < -0.39 is 0 Å². The molecule has 0 bridgehead atoms. The smallest absolute Gasteiger partial charge is 0.151 e. The highest BCUT2D eigenvalue weighted by molar-refractivity contribution is 9.10. The minimum Gasteiger partial charge on any atom is -0.379 e. The normalized spacial score (nSPS) is 19.2. The van der Waals surface area contributed by atoms with Crippen molar-refractivity contribution in [2.24, 2.45) is 11.1 Å². The predicted octanol–water partition coefficient (Wildman–Crippen LogP) is 5.58. The van der Waals surface area contributed by atoms with E-state index in [9.17, 15) is 0 Å². The van der Waals surface area contributed by atoms with E-state index in [0.717, 1.165) is 29.5 Å². The Labute approximate surface area is 167 Å². The summed E-state index contributed by atoms with van der Waals surface area (Å²) in [5.41, 5.74) is 13.1. The molecule has 2 nitrogen and oxygen atoms in total. The Morgan fingerprint density at radius 3 is 2.46 bits per heavy atom. The number of thioether (sulfide) groups is 1. The van der Waals surface area contributed by atoms with Gasteiger partial charge in [-0.15, -0.1) is 0 Å². The number of allylic oxidation sites excluding steroid dienone is 1. The number of rotatable bonds is 2. The predicted molar refractivity (Wildman–Crippen MR) is 116 cm³/mol. The van der Waals surface area contributed by atoms with Crippen LogP contribution in [0.1, 0.15) is 35.1 Å². The number of halogens is 1. The first-order valence-electron chi connectivity index (χ1n) is 9.10. The Balaban J connectivity index is 1.71. The third-order valence-corrected chi connectivity index (χ3v) is 6.99. The zero-order valence-corrected chi connectivity index (χ0v) is 17.1. The number of nitrogens with two attached hydrogens (primary N) is 1. The van der Waals surface area contributed by atoms with E-state index in [1.165, 1.54) is 52.4 Å². The van der Waals surface area contributed by atoms with E-state index in [-0.39, 0.29) is 10.6 Å². The highest BCUT2D eigenvalue weighted by atomic mass is 79.9. The molecule has 3 N–H and O–H groups in total. The molecule has 0 unspecified atom stereocenters. The number of hydrogen-bond donors (Lipinski definition) is 2. The average molecular weight is 427 g/mol. The summed E-state index contributed by atoms with van der Waals surface area (Å²) >= 11 is 5.06. The molecule has 26 heavy (non-hydrogen) atoms. The van der Waals surface area contributed by atoms with Gasteiger partial charge in [0.2, 0.25) is 0 Å². The fourth-order valence-corrected chi connectivity index (χ4v) is 5.40. The summed E-state index contributed by atoms with van der Waals surface area (Å²) < 4.78 is 1.13. The highest BCUT2D eigenvalue weighted by Gasteiger charge is 2.42. The molecule has 2 aliphatic carbocycles. The van der Waals surface area contributed by atoms with E-state index in [1.54, 1.807) is 0 Å². The van der Waals surface area contributed by atoms with Gasteiger partial charge < -0.3 is 5.73 Å². The minimum absolute atomic E-state index is 0.191. The van der Waals surface area contributed by atoms with Crippen molar-refractivity contribution in [2.75, 3.05) is 5.75 Å². The molecule has 0 fully saturated rings. The second kappa shape index (κ2) is 7.24. The van der Waals surface area contributed by atoms with Crippen molar-refractivity contribution in [1.29, 1.82) is 5.41 Å². The quantitative estimate of drug-likeness (QED) is 0.486. The summed E-state index contributed by atoms with van der Waals surface area (Å²) in [7, 11) is 0. The summed E-state index contributed by atoms with van der Waals surface area (Å²) in [6.07, 6.45) is 8.12. The second-order valence-electron chi connectivity index (χ2n) is 7.32. The lowest BCUT2D eigenvalue weighted by Gasteiger charge is -2.30. The van der Waals surface area contributed by atoms with Crippen LogP contribution in [0.5, 0.6) is 0 Å².